The van der Waals surface area contributed by atoms with E-state index >= 15 is 0 Å². The van der Waals surface area contributed by atoms with Crippen molar-refractivity contribution in [3.05, 3.63) is 87.9 Å². The summed E-state index contributed by atoms with van der Waals surface area (Å²) in [5, 5.41) is 6.91. The molecule has 2 N–H and O–H groups in total. The van der Waals surface area contributed by atoms with Crippen LogP contribution in [0.25, 0.3) is 0 Å². The van der Waals surface area contributed by atoms with Crippen LogP contribution in [0.15, 0.2) is 60.7 Å². The zero-order valence-electron chi connectivity index (χ0n) is 23.6. The molecule has 1 atom stereocenters. The van der Waals surface area contributed by atoms with Crippen molar-refractivity contribution in [3.8, 4) is 5.75 Å². The quantitative estimate of drug-likeness (QED) is 0.378. The van der Waals surface area contributed by atoms with Crippen molar-refractivity contribution in [1.29, 1.82) is 0 Å². The molecule has 3 aromatic rings. The Hall–Kier alpha value is -3.43. The first-order valence-corrected chi connectivity index (χ1v) is 14.5. The number of benzene rings is 3. The van der Waals surface area contributed by atoms with Gasteiger partial charge in [-0.1, -0.05) is 29.8 Å². The average Bonchev–Trinajstić information content (AvgIpc) is 3.16. The number of amides is 2. The highest BCUT2D eigenvalue weighted by Crippen LogP contribution is 2.38. The molecule has 1 saturated heterocycles. The molecule has 1 unspecified atom stereocenters. The summed E-state index contributed by atoms with van der Waals surface area (Å²) < 4.78 is 12.0. The van der Waals surface area contributed by atoms with Crippen LogP contribution in [0.3, 0.4) is 0 Å². The van der Waals surface area contributed by atoms with Gasteiger partial charge in [-0.25, -0.2) is 0 Å². The number of ether oxygens (including phenoxy) is 2. The summed E-state index contributed by atoms with van der Waals surface area (Å²) in [6.45, 7) is 7.98. The van der Waals surface area contributed by atoms with Crippen LogP contribution in [-0.2, 0) is 4.74 Å². The fraction of sp³-hybridized carbons (Fsp3) is 0.375. The van der Waals surface area contributed by atoms with Gasteiger partial charge in [0.1, 0.15) is 5.75 Å². The summed E-state index contributed by atoms with van der Waals surface area (Å²) in [5.74, 6) is -0.00427. The van der Waals surface area contributed by atoms with E-state index in [9.17, 15) is 9.59 Å². The molecule has 2 aliphatic heterocycles. The SMILES string of the molecule is COc1cc(NC(=O)c2ccccc2C)ccc1C(=O)N1CCCC(OCCN2CCNCC2)c2cc(Cl)ccc21. The Kier molecular flexibility index (Phi) is 9.57. The number of carbonyl (C=O) groups is 2. The van der Waals surface area contributed by atoms with Crippen molar-refractivity contribution in [2.45, 2.75) is 25.9 Å². The number of hydrogen-bond donors (Lipinski definition) is 2. The molecule has 8 nitrogen and oxygen atoms in total. The van der Waals surface area contributed by atoms with Gasteiger partial charge in [-0.3, -0.25) is 14.5 Å². The lowest BCUT2D eigenvalue weighted by Gasteiger charge is -2.28. The molecule has 2 aliphatic rings. The topological polar surface area (TPSA) is 83.1 Å². The predicted molar refractivity (Wildman–Crippen MR) is 162 cm³/mol. The van der Waals surface area contributed by atoms with Crippen LogP contribution in [0.2, 0.25) is 5.02 Å². The Labute approximate surface area is 246 Å². The Morgan fingerprint density at radius 1 is 1.02 bits per heavy atom. The molecule has 41 heavy (non-hydrogen) atoms. The molecule has 3 aromatic carbocycles. The third-order valence-electron chi connectivity index (χ3n) is 7.74. The van der Waals surface area contributed by atoms with Crippen molar-refractivity contribution in [2.24, 2.45) is 0 Å². The van der Waals surface area contributed by atoms with E-state index in [-0.39, 0.29) is 17.9 Å². The standard InChI is InChI=1S/C32H37ClN4O4/c1-22-6-3-4-7-25(22)31(38)35-24-10-11-26(30(21-24)40-2)32(39)37-15-5-8-29(27-20-23(33)9-12-28(27)37)41-19-18-36-16-13-34-14-17-36/h3-4,6-7,9-12,20-21,29,34H,5,8,13-19H2,1-2H3,(H,35,38). The first kappa shape index (κ1) is 29.1. The van der Waals surface area contributed by atoms with Crippen LogP contribution in [0.1, 0.15) is 50.8 Å². The fourth-order valence-corrected chi connectivity index (χ4v) is 5.68. The van der Waals surface area contributed by atoms with E-state index in [4.69, 9.17) is 21.1 Å². The molecule has 216 valence electrons. The third kappa shape index (κ3) is 6.90. The number of nitrogens with zero attached hydrogens (tertiary/aromatic N) is 2. The molecule has 0 spiro atoms. The van der Waals surface area contributed by atoms with Crippen molar-refractivity contribution in [1.82, 2.24) is 10.2 Å². The summed E-state index contributed by atoms with van der Waals surface area (Å²) >= 11 is 6.43. The zero-order chi connectivity index (χ0) is 28.8. The van der Waals surface area contributed by atoms with Gasteiger partial charge in [0.05, 0.1) is 25.4 Å². The third-order valence-corrected chi connectivity index (χ3v) is 7.97. The number of nitrogens with one attached hydrogen (secondary N) is 2. The van der Waals surface area contributed by atoms with Gasteiger partial charge in [-0.05, 0) is 61.7 Å². The number of anilines is 2. The summed E-state index contributed by atoms with van der Waals surface area (Å²) in [5.41, 5.74) is 4.16. The lowest BCUT2D eigenvalue weighted by Crippen LogP contribution is -2.44. The summed E-state index contributed by atoms with van der Waals surface area (Å²) in [6.07, 6.45) is 1.42. The van der Waals surface area contributed by atoms with Crippen LogP contribution in [0.5, 0.6) is 5.75 Å². The molecule has 0 radical (unpaired) electrons. The summed E-state index contributed by atoms with van der Waals surface area (Å²) in [7, 11) is 1.53. The molecule has 5 rings (SSSR count). The fourth-order valence-electron chi connectivity index (χ4n) is 5.50. The Bertz CT molecular complexity index is 1390. The first-order valence-electron chi connectivity index (χ1n) is 14.2. The maximum Gasteiger partial charge on any atom is 0.262 e. The van der Waals surface area contributed by atoms with Gasteiger partial charge in [-0.2, -0.15) is 0 Å². The van der Waals surface area contributed by atoms with Gasteiger partial charge < -0.3 is 25.0 Å². The van der Waals surface area contributed by atoms with Gasteiger partial charge in [0.2, 0.25) is 0 Å². The molecule has 1 fully saturated rings. The number of fused-ring (bicyclic) bond motifs is 1. The molecular formula is C32H37ClN4O4. The minimum atomic E-state index is -0.217. The van der Waals surface area contributed by atoms with Crippen molar-refractivity contribution in [3.63, 3.8) is 0 Å². The lowest BCUT2D eigenvalue weighted by atomic mass is 10.0. The minimum absolute atomic E-state index is 0.148. The van der Waals surface area contributed by atoms with E-state index in [1.54, 1.807) is 29.2 Å². The van der Waals surface area contributed by atoms with E-state index in [1.165, 1.54) is 7.11 Å². The Balaban J connectivity index is 1.34. The average molecular weight is 577 g/mol. The number of carbonyl (C=O) groups excluding carboxylic acids is 2. The molecule has 9 heteroatoms. The summed E-state index contributed by atoms with van der Waals surface area (Å²) in [6, 6.07) is 18.2. The lowest BCUT2D eigenvalue weighted by molar-refractivity contribution is 0.0303. The normalized spacial score (nSPS) is 17.4. The number of aryl methyl sites for hydroxylation is 1. The summed E-state index contributed by atoms with van der Waals surface area (Å²) in [4.78, 5) is 31.0. The molecule has 0 bridgehead atoms. The highest BCUT2D eigenvalue weighted by atomic mass is 35.5. The minimum Gasteiger partial charge on any atom is -0.496 e. The number of hydrogen-bond acceptors (Lipinski definition) is 6. The van der Waals surface area contributed by atoms with Crippen LogP contribution >= 0.6 is 11.6 Å². The van der Waals surface area contributed by atoms with Gasteiger partial charge in [0, 0.05) is 72.9 Å². The Morgan fingerprint density at radius 3 is 2.61 bits per heavy atom. The first-order chi connectivity index (χ1) is 19.9. The van der Waals surface area contributed by atoms with Crippen LogP contribution in [-0.4, -0.2) is 69.7 Å². The second kappa shape index (κ2) is 13.5. The van der Waals surface area contributed by atoms with Gasteiger partial charge in [-0.15, -0.1) is 0 Å². The number of halogens is 1. The molecule has 2 amide bonds. The molecule has 0 aromatic heterocycles. The van der Waals surface area contributed by atoms with E-state index in [0.717, 1.165) is 62.4 Å². The second-order valence-electron chi connectivity index (χ2n) is 10.4. The van der Waals surface area contributed by atoms with E-state index in [0.29, 0.717) is 40.7 Å². The predicted octanol–water partition coefficient (Wildman–Crippen LogP) is 5.31. The van der Waals surface area contributed by atoms with E-state index < -0.39 is 0 Å². The van der Waals surface area contributed by atoms with Crippen molar-refractivity contribution < 1.29 is 19.1 Å². The molecule has 0 aliphatic carbocycles. The van der Waals surface area contributed by atoms with E-state index in [1.807, 2.05) is 43.3 Å². The smallest absolute Gasteiger partial charge is 0.262 e. The highest BCUT2D eigenvalue weighted by Gasteiger charge is 2.29. The Morgan fingerprint density at radius 2 is 1.83 bits per heavy atom. The number of piperazine rings is 1. The van der Waals surface area contributed by atoms with Crippen LogP contribution in [0, 0.1) is 6.92 Å². The van der Waals surface area contributed by atoms with Gasteiger partial charge >= 0.3 is 0 Å². The van der Waals surface area contributed by atoms with Crippen LogP contribution in [0.4, 0.5) is 11.4 Å². The zero-order valence-corrected chi connectivity index (χ0v) is 24.4. The highest BCUT2D eigenvalue weighted by molar-refractivity contribution is 6.30. The maximum atomic E-state index is 14.0. The van der Waals surface area contributed by atoms with Crippen molar-refractivity contribution >= 4 is 34.8 Å². The maximum absolute atomic E-state index is 14.0. The number of rotatable bonds is 8. The van der Waals surface area contributed by atoms with E-state index in [2.05, 4.69) is 15.5 Å². The number of methoxy groups -OCH3 is 1. The monoisotopic (exact) mass is 576 g/mol. The van der Waals surface area contributed by atoms with Crippen molar-refractivity contribution in [2.75, 3.05) is 63.2 Å². The molecular weight excluding hydrogens is 540 g/mol. The second-order valence-corrected chi connectivity index (χ2v) is 10.9. The van der Waals surface area contributed by atoms with Gasteiger partial charge in [0.25, 0.3) is 11.8 Å². The molecule has 0 saturated carbocycles. The molecule has 2 heterocycles. The van der Waals surface area contributed by atoms with Crippen LogP contribution < -0.4 is 20.3 Å². The largest absolute Gasteiger partial charge is 0.496 e. The van der Waals surface area contributed by atoms with Gasteiger partial charge in [0.15, 0.2) is 0 Å².